The Labute approximate surface area is 160 Å². The van der Waals surface area contributed by atoms with Gasteiger partial charge >= 0.3 is 0 Å². The number of rotatable bonds is 4. The third-order valence-electron chi connectivity index (χ3n) is 4.16. The SMILES string of the molecule is O=C(Nc1cccc(Br)c1)c1ccc(S(=O)(=O)[C@@H]2CCS(=O)(=O)C2)cc1. The molecular weight excluding hydrogens is 442 g/mol. The van der Waals surface area contributed by atoms with E-state index in [1.165, 1.54) is 24.3 Å². The zero-order chi connectivity index (χ0) is 18.9. The molecule has 6 nitrogen and oxygen atoms in total. The van der Waals surface area contributed by atoms with Crippen molar-refractivity contribution in [2.45, 2.75) is 16.6 Å². The second kappa shape index (κ2) is 7.13. The van der Waals surface area contributed by atoms with E-state index in [2.05, 4.69) is 21.2 Å². The molecule has 0 aromatic heterocycles. The van der Waals surface area contributed by atoms with Gasteiger partial charge in [-0.15, -0.1) is 0 Å². The van der Waals surface area contributed by atoms with Crippen molar-refractivity contribution in [1.29, 1.82) is 0 Å². The molecule has 1 saturated heterocycles. The molecule has 2 aromatic carbocycles. The number of nitrogens with one attached hydrogen (secondary N) is 1. The fourth-order valence-electron chi connectivity index (χ4n) is 2.76. The van der Waals surface area contributed by atoms with Crippen LogP contribution in [-0.2, 0) is 19.7 Å². The van der Waals surface area contributed by atoms with E-state index < -0.39 is 24.9 Å². The Morgan fingerprint density at radius 2 is 1.81 bits per heavy atom. The zero-order valence-electron chi connectivity index (χ0n) is 13.6. The van der Waals surface area contributed by atoms with E-state index in [9.17, 15) is 21.6 Å². The van der Waals surface area contributed by atoms with Crippen LogP contribution in [0.15, 0.2) is 57.9 Å². The summed E-state index contributed by atoms with van der Waals surface area (Å²) in [6.45, 7) is 0. The number of halogens is 1. The van der Waals surface area contributed by atoms with Crippen LogP contribution in [0.1, 0.15) is 16.8 Å². The van der Waals surface area contributed by atoms with Crippen molar-refractivity contribution < 1.29 is 21.6 Å². The summed E-state index contributed by atoms with van der Waals surface area (Å²) < 4.78 is 49.0. The van der Waals surface area contributed by atoms with E-state index in [4.69, 9.17) is 0 Å². The molecule has 1 aliphatic heterocycles. The Morgan fingerprint density at radius 1 is 1.12 bits per heavy atom. The summed E-state index contributed by atoms with van der Waals surface area (Å²) in [4.78, 5) is 12.3. The van der Waals surface area contributed by atoms with Crippen molar-refractivity contribution in [3.8, 4) is 0 Å². The lowest BCUT2D eigenvalue weighted by Gasteiger charge is -2.11. The quantitative estimate of drug-likeness (QED) is 0.760. The summed E-state index contributed by atoms with van der Waals surface area (Å²) in [5, 5.41) is 1.80. The zero-order valence-corrected chi connectivity index (χ0v) is 16.8. The highest BCUT2D eigenvalue weighted by Gasteiger charge is 2.37. The molecule has 1 aliphatic rings. The summed E-state index contributed by atoms with van der Waals surface area (Å²) in [5.41, 5.74) is 0.917. The third-order valence-corrected chi connectivity index (χ3v) is 8.84. The predicted octanol–water partition coefficient (Wildman–Crippen LogP) is 2.66. The van der Waals surface area contributed by atoms with Crippen LogP contribution in [0.5, 0.6) is 0 Å². The number of carbonyl (C=O) groups excluding carboxylic acids is 1. The number of hydrogen-bond donors (Lipinski definition) is 1. The minimum atomic E-state index is -3.73. The van der Waals surface area contributed by atoms with Crippen molar-refractivity contribution in [2.24, 2.45) is 0 Å². The van der Waals surface area contributed by atoms with E-state index in [0.29, 0.717) is 11.3 Å². The molecule has 138 valence electrons. The van der Waals surface area contributed by atoms with Crippen LogP contribution in [-0.4, -0.2) is 39.5 Å². The Bertz CT molecular complexity index is 1050. The van der Waals surface area contributed by atoms with Gasteiger partial charge in [0.05, 0.1) is 21.7 Å². The van der Waals surface area contributed by atoms with Gasteiger partial charge in [0.1, 0.15) is 0 Å². The largest absolute Gasteiger partial charge is 0.322 e. The van der Waals surface area contributed by atoms with Gasteiger partial charge < -0.3 is 5.32 Å². The van der Waals surface area contributed by atoms with Gasteiger partial charge in [-0.05, 0) is 48.9 Å². The van der Waals surface area contributed by atoms with Crippen molar-refractivity contribution in [3.05, 3.63) is 58.6 Å². The highest BCUT2D eigenvalue weighted by molar-refractivity contribution is 9.10. The summed E-state index contributed by atoms with van der Waals surface area (Å²) in [6, 6.07) is 12.6. The van der Waals surface area contributed by atoms with Gasteiger partial charge in [0.15, 0.2) is 19.7 Å². The maximum Gasteiger partial charge on any atom is 0.255 e. The first kappa shape index (κ1) is 19.1. The molecule has 3 rings (SSSR count). The normalized spacial score (nSPS) is 19.2. The van der Waals surface area contributed by atoms with E-state index >= 15 is 0 Å². The fourth-order valence-corrected chi connectivity index (χ4v) is 7.52. The van der Waals surface area contributed by atoms with Crippen molar-refractivity contribution in [2.75, 3.05) is 16.8 Å². The Hall–Kier alpha value is -1.71. The minimum Gasteiger partial charge on any atom is -0.322 e. The van der Waals surface area contributed by atoms with Crippen molar-refractivity contribution >= 4 is 47.2 Å². The second-order valence-electron chi connectivity index (χ2n) is 6.06. The number of hydrogen-bond acceptors (Lipinski definition) is 5. The molecule has 2 aromatic rings. The summed E-state index contributed by atoms with van der Waals surface area (Å²) >= 11 is 3.32. The number of anilines is 1. The molecule has 1 heterocycles. The number of carbonyl (C=O) groups is 1. The summed E-state index contributed by atoms with van der Waals surface area (Å²) in [5.74, 6) is -0.819. The second-order valence-corrected chi connectivity index (χ2v) is 11.4. The first-order valence-electron chi connectivity index (χ1n) is 7.79. The van der Waals surface area contributed by atoms with E-state index in [0.717, 1.165) is 4.47 Å². The average Bonchev–Trinajstić information content (AvgIpc) is 2.96. The van der Waals surface area contributed by atoms with Crippen molar-refractivity contribution in [3.63, 3.8) is 0 Å². The van der Waals surface area contributed by atoms with Gasteiger partial charge in [0, 0.05) is 15.7 Å². The topological polar surface area (TPSA) is 97.4 Å². The summed E-state index contributed by atoms with van der Waals surface area (Å²) in [6.07, 6.45) is 0.107. The Kier molecular flexibility index (Phi) is 5.23. The van der Waals surface area contributed by atoms with Gasteiger partial charge in [-0.1, -0.05) is 22.0 Å². The molecule has 1 N–H and O–H groups in total. The first-order chi connectivity index (χ1) is 12.2. The van der Waals surface area contributed by atoms with Crippen molar-refractivity contribution in [1.82, 2.24) is 0 Å². The molecule has 0 unspecified atom stereocenters. The lowest BCUT2D eigenvalue weighted by atomic mass is 10.2. The van der Waals surface area contributed by atoms with Gasteiger partial charge in [-0.3, -0.25) is 4.79 Å². The van der Waals surface area contributed by atoms with Crippen LogP contribution in [0, 0.1) is 0 Å². The van der Waals surface area contributed by atoms with Crippen LogP contribution < -0.4 is 5.32 Å². The van der Waals surface area contributed by atoms with Crippen LogP contribution in [0.25, 0.3) is 0 Å². The van der Waals surface area contributed by atoms with E-state index in [1.807, 2.05) is 6.07 Å². The maximum absolute atomic E-state index is 12.6. The van der Waals surface area contributed by atoms with Gasteiger partial charge in [0.25, 0.3) is 5.91 Å². The predicted molar refractivity (Wildman–Crippen MR) is 103 cm³/mol. The molecular formula is C17H16BrNO5S2. The minimum absolute atomic E-state index is 0.0265. The standard InChI is InChI=1S/C17H16BrNO5S2/c18-13-2-1-3-14(10-13)19-17(20)12-4-6-15(7-5-12)26(23,24)16-8-9-25(21,22)11-16/h1-7,10,16H,8-9,11H2,(H,19,20)/t16-/m1/s1. The van der Waals surface area contributed by atoms with Crippen LogP contribution >= 0.6 is 15.9 Å². The average molecular weight is 458 g/mol. The summed E-state index contributed by atoms with van der Waals surface area (Å²) in [7, 11) is -7.03. The van der Waals surface area contributed by atoms with Crippen LogP contribution in [0.3, 0.4) is 0 Å². The van der Waals surface area contributed by atoms with Gasteiger partial charge in [-0.25, -0.2) is 16.8 Å². The Morgan fingerprint density at radius 3 is 2.38 bits per heavy atom. The number of amides is 1. The molecule has 0 bridgehead atoms. The van der Waals surface area contributed by atoms with E-state index in [-0.39, 0.29) is 28.7 Å². The molecule has 1 fully saturated rings. The molecule has 26 heavy (non-hydrogen) atoms. The maximum atomic E-state index is 12.6. The third kappa shape index (κ3) is 4.16. The van der Waals surface area contributed by atoms with Gasteiger partial charge in [0.2, 0.25) is 0 Å². The van der Waals surface area contributed by atoms with Crippen LogP contribution in [0.4, 0.5) is 5.69 Å². The van der Waals surface area contributed by atoms with Crippen LogP contribution in [0.2, 0.25) is 0 Å². The molecule has 0 saturated carbocycles. The number of benzene rings is 2. The lowest BCUT2D eigenvalue weighted by molar-refractivity contribution is 0.102. The molecule has 1 amide bonds. The van der Waals surface area contributed by atoms with E-state index in [1.54, 1.807) is 18.2 Å². The smallest absolute Gasteiger partial charge is 0.255 e. The number of sulfone groups is 2. The molecule has 1 atom stereocenters. The molecule has 0 aliphatic carbocycles. The highest BCUT2D eigenvalue weighted by Crippen LogP contribution is 2.25. The highest BCUT2D eigenvalue weighted by atomic mass is 79.9. The monoisotopic (exact) mass is 457 g/mol. The van der Waals surface area contributed by atoms with Gasteiger partial charge in [-0.2, -0.15) is 0 Å². The molecule has 0 spiro atoms. The lowest BCUT2D eigenvalue weighted by Crippen LogP contribution is -2.22. The fraction of sp³-hybridized carbons (Fsp3) is 0.235. The Balaban J connectivity index is 1.77. The molecule has 9 heteroatoms. The molecule has 0 radical (unpaired) electrons. The first-order valence-corrected chi connectivity index (χ1v) is 11.9.